The Balaban J connectivity index is 5.16. The summed E-state index contributed by atoms with van der Waals surface area (Å²) in [6.45, 7) is 6.92. The minimum absolute atomic E-state index is 0.0369. The molecule has 0 aromatic carbocycles. The van der Waals surface area contributed by atoms with E-state index in [4.69, 9.17) is 13.8 Å². The smallest absolute Gasteiger partial charge is 0.456 e. The van der Waals surface area contributed by atoms with Crippen molar-refractivity contribution in [2.75, 3.05) is 40.9 Å². The summed E-state index contributed by atoms with van der Waals surface area (Å²) in [5, 5.41) is 3.06. The van der Waals surface area contributed by atoms with Gasteiger partial charge >= 0.3 is 13.8 Å². The first-order valence-electron chi connectivity index (χ1n) is 33.8. The van der Waals surface area contributed by atoms with Crippen molar-refractivity contribution < 1.29 is 37.3 Å². The van der Waals surface area contributed by atoms with Gasteiger partial charge in [-0.2, -0.15) is 0 Å². The Morgan fingerprint density at radius 2 is 0.800 bits per heavy atom. The van der Waals surface area contributed by atoms with Gasteiger partial charge in [-0.1, -0.05) is 293 Å². The molecular weight excluding hydrogens is 1010 g/mol. The van der Waals surface area contributed by atoms with E-state index < -0.39 is 20.0 Å². The number of hydrogen-bond acceptors (Lipinski definition) is 6. The number of likely N-dealkylation sites (N-methyl/N-ethyl adjacent to an activating group) is 1. The molecular formula is C70H130N2O7P+. The van der Waals surface area contributed by atoms with Crippen LogP contribution >= 0.6 is 7.82 Å². The number of carbonyl (C=O) groups excluding carboxylic acids is 2. The quantitative estimate of drug-likeness (QED) is 0.0205. The maximum absolute atomic E-state index is 13.6. The van der Waals surface area contributed by atoms with Crippen LogP contribution in [0.3, 0.4) is 0 Å². The number of ether oxygens (including phenoxy) is 1. The molecule has 9 nitrogen and oxygen atoms in total. The number of carbonyl (C=O) groups is 2. The molecule has 1 amide bonds. The number of nitrogens with zero attached hydrogens (tertiary/aromatic N) is 1. The summed E-state index contributed by atoms with van der Waals surface area (Å²) in [6.07, 6.45) is 77.6. The van der Waals surface area contributed by atoms with Gasteiger partial charge in [-0.15, -0.1) is 0 Å². The lowest BCUT2D eigenvalue weighted by molar-refractivity contribution is -0.870. The Hall–Kier alpha value is -2.55. The third kappa shape index (κ3) is 60.1. The van der Waals surface area contributed by atoms with Crippen LogP contribution in [0, 0.1) is 0 Å². The predicted octanol–water partition coefficient (Wildman–Crippen LogP) is 21.2. The highest BCUT2D eigenvalue weighted by molar-refractivity contribution is 7.47. The van der Waals surface area contributed by atoms with E-state index in [-0.39, 0.29) is 25.1 Å². The number of rotatable bonds is 61. The van der Waals surface area contributed by atoms with Gasteiger partial charge in [0.25, 0.3) is 0 Å². The highest BCUT2D eigenvalue weighted by Crippen LogP contribution is 2.43. The number of hydrogen-bond donors (Lipinski definition) is 2. The second-order valence-corrected chi connectivity index (χ2v) is 25.4. The number of esters is 1. The van der Waals surface area contributed by atoms with Crippen molar-refractivity contribution in [3.8, 4) is 0 Å². The molecule has 0 rings (SSSR count). The minimum atomic E-state index is -4.46. The number of nitrogens with one attached hydrogen (secondary N) is 1. The fourth-order valence-electron chi connectivity index (χ4n) is 9.73. The van der Waals surface area contributed by atoms with Crippen LogP contribution < -0.4 is 5.32 Å². The number of amides is 1. The maximum Gasteiger partial charge on any atom is 0.472 e. The van der Waals surface area contributed by atoms with Crippen molar-refractivity contribution in [2.24, 2.45) is 0 Å². The molecule has 466 valence electrons. The molecule has 80 heavy (non-hydrogen) atoms. The predicted molar refractivity (Wildman–Crippen MR) is 346 cm³/mol. The molecule has 0 heterocycles. The number of phosphoric ester groups is 1. The van der Waals surface area contributed by atoms with Gasteiger partial charge in [-0.3, -0.25) is 18.6 Å². The molecule has 0 aromatic rings. The highest BCUT2D eigenvalue weighted by Gasteiger charge is 2.30. The van der Waals surface area contributed by atoms with Crippen molar-refractivity contribution in [3.63, 3.8) is 0 Å². The molecule has 0 fully saturated rings. The third-order valence-electron chi connectivity index (χ3n) is 14.9. The van der Waals surface area contributed by atoms with E-state index in [0.717, 1.165) is 103 Å². The molecule has 0 saturated heterocycles. The number of unbranched alkanes of at least 4 members (excludes halogenated alkanes) is 35. The molecule has 10 heteroatoms. The van der Waals surface area contributed by atoms with E-state index in [2.05, 4.69) is 86.8 Å². The van der Waals surface area contributed by atoms with Crippen LogP contribution in [-0.4, -0.2) is 74.3 Å². The van der Waals surface area contributed by atoms with Crippen LogP contribution in [0.2, 0.25) is 0 Å². The fraction of sp³-hybridized carbons (Fsp3) is 0.800. The molecule has 0 saturated carbocycles. The van der Waals surface area contributed by atoms with Gasteiger partial charge in [-0.25, -0.2) is 4.57 Å². The van der Waals surface area contributed by atoms with Crippen LogP contribution in [0.5, 0.6) is 0 Å². The van der Waals surface area contributed by atoms with Gasteiger partial charge in [0, 0.05) is 12.8 Å². The molecule has 3 atom stereocenters. The van der Waals surface area contributed by atoms with Crippen molar-refractivity contribution in [1.29, 1.82) is 0 Å². The largest absolute Gasteiger partial charge is 0.472 e. The average molecular weight is 1140 g/mol. The molecule has 0 aliphatic heterocycles. The standard InChI is InChI=1S/C70H129N2O7P/c1-7-10-13-16-19-22-25-28-30-32-34-35-36-37-39-40-42-44-47-50-53-56-59-62-69(73)71-67(66-78-80(75,76)77-65-64-72(4,5)6)68(61-58-55-52-49-46-27-24-21-18-15-12-9-3)79-70(74)63-60-57-54-51-48-45-43-41-38-33-31-29-26-23-20-17-14-11-8-2/h10,13,19,22,28,30,34-35,37,39,58,61,67-68H,7-9,11-12,14-18,20-21,23-27,29,31-33,36,38,40-57,59-60,62-66H2,1-6H3,(H-,71,73,75,76)/p+1/b13-10-,22-19-,30-28-,35-34-,39-37-,61-58+. The fourth-order valence-corrected chi connectivity index (χ4v) is 10.5. The molecule has 0 aliphatic rings. The molecule has 0 radical (unpaired) electrons. The van der Waals surface area contributed by atoms with Crippen LogP contribution in [0.4, 0.5) is 0 Å². The summed E-state index contributed by atoms with van der Waals surface area (Å²) in [7, 11) is 1.49. The number of quaternary nitrogens is 1. The summed E-state index contributed by atoms with van der Waals surface area (Å²) in [5.41, 5.74) is 0. The summed E-state index contributed by atoms with van der Waals surface area (Å²) in [6, 6.07) is -0.856. The summed E-state index contributed by atoms with van der Waals surface area (Å²) in [4.78, 5) is 37.8. The average Bonchev–Trinajstić information content (AvgIpc) is 3.42. The van der Waals surface area contributed by atoms with Crippen LogP contribution in [0.1, 0.15) is 310 Å². The Morgan fingerprint density at radius 3 is 1.20 bits per heavy atom. The number of allylic oxidation sites excluding steroid dienone is 11. The normalized spacial score (nSPS) is 14.0. The van der Waals surface area contributed by atoms with Crippen LogP contribution in [-0.2, 0) is 27.9 Å². The molecule has 0 aromatic heterocycles. The molecule has 0 bridgehead atoms. The summed E-state index contributed by atoms with van der Waals surface area (Å²) in [5.74, 6) is -0.508. The van der Waals surface area contributed by atoms with E-state index in [1.807, 2.05) is 33.3 Å². The van der Waals surface area contributed by atoms with Crippen molar-refractivity contribution in [3.05, 3.63) is 72.9 Å². The van der Waals surface area contributed by atoms with Gasteiger partial charge in [0.15, 0.2) is 0 Å². The van der Waals surface area contributed by atoms with Crippen LogP contribution in [0.15, 0.2) is 72.9 Å². The van der Waals surface area contributed by atoms with E-state index >= 15 is 0 Å². The van der Waals surface area contributed by atoms with E-state index in [1.165, 1.54) is 173 Å². The van der Waals surface area contributed by atoms with Crippen LogP contribution in [0.25, 0.3) is 0 Å². The summed E-state index contributed by atoms with van der Waals surface area (Å²) < 4.78 is 30.8. The lowest BCUT2D eigenvalue weighted by atomic mass is 10.0. The lowest BCUT2D eigenvalue weighted by Crippen LogP contribution is -2.47. The Bertz CT molecular complexity index is 1600. The van der Waals surface area contributed by atoms with Gasteiger partial charge in [0.2, 0.25) is 5.91 Å². The Labute approximate surface area is 495 Å². The van der Waals surface area contributed by atoms with E-state index in [0.29, 0.717) is 23.9 Å². The molecule has 0 aliphatic carbocycles. The van der Waals surface area contributed by atoms with E-state index in [1.54, 1.807) is 0 Å². The van der Waals surface area contributed by atoms with Crippen molar-refractivity contribution >= 4 is 19.7 Å². The Morgan fingerprint density at radius 1 is 0.450 bits per heavy atom. The molecule has 2 N–H and O–H groups in total. The van der Waals surface area contributed by atoms with Crippen molar-refractivity contribution in [2.45, 2.75) is 322 Å². The van der Waals surface area contributed by atoms with Gasteiger partial charge in [-0.05, 0) is 76.7 Å². The first-order valence-corrected chi connectivity index (χ1v) is 35.3. The summed E-state index contributed by atoms with van der Waals surface area (Å²) >= 11 is 0. The topological polar surface area (TPSA) is 111 Å². The van der Waals surface area contributed by atoms with Crippen molar-refractivity contribution in [1.82, 2.24) is 5.32 Å². The zero-order valence-corrected chi connectivity index (χ0v) is 54.2. The minimum Gasteiger partial charge on any atom is -0.456 e. The van der Waals surface area contributed by atoms with E-state index in [9.17, 15) is 19.0 Å². The molecule has 3 unspecified atom stereocenters. The monoisotopic (exact) mass is 1140 g/mol. The zero-order valence-electron chi connectivity index (χ0n) is 53.3. The second kappa shape index (κ2) is 59.6. The first-order chi connectivity index (χ1) is 38.9. The number of phosphoric acid groups is 1. The lowest BCUT2D eigenvalue weighted by Gasteiger charge is -2.27. The van der Waals surface area contributed by atoms with Gasteiger partial charge in [0.05, 0.1) is 33.8 Å². The molecule has 0 spiro atoms. The second-order valence-electron chi connectivity index (χ2n) is 24.0. The van der Waals surface area contributed by atoms with Gasteiger partial charge < -0.3 is 19.4 Å². The third-order valence-corrected chi connectivity index (χ3v) is 15.9. The Kier molecular flexibility index (Phi) is 57.7. The van der Waals surface area contributed by atoms with Gasteiger partial charge in [0.1, 0.15) is 19.3 Å². The first kappa shape index (κ1) is 77.5. The SMILES string of the molecule is CC/C=C\C/C=C\C/C=C\C/C=C\C/C=C\CCCCCCCCCC(=O)NC(COP(=O)(O)OCC[N+](C)(C)C)C(/C=C/CCCCCCCCCCCC)OC(=O)CCCCCCCCCCCCCCCCCCCCC. The highest BCUT2D eigenvalue weighted by atomic mass is 31.2. The zero-order chi connectivity index (χ0) is 58.6. The maximum atomic E-state index is 13.6.